The van der Waals surface area contributed by atoms with Crippen LogP contribution in [0.4, 0.5) is 0 Å². The average molecular weight is 208 g/mol. The number of Topliss-reactive ketones (excluding diaryl/α,β-unsaturated/α-hetero) is 1. The predicted molar refractivity (Wildman–Crippen MR) is 50.0 cm³/mol. The highest BCUT2D eigenvalue weighted by Gasteiger charge is 2.22. The molecule has 0 spiro atoms. The third-order valence-electron chi connectivity index (χ3n) is 1.83. The first-order chi connectivity index (χ1) is 6.26. The number of ketones is 1. The lowest BCUT2D eigenvalue weighted by Gasteiger charge is -2.02. The van der Waals surface area contributed by atoms with E-state index in [1.54, 1.807) is 0 Å². The summed E-state index contributed by atoms with van der Waals surface area (Å²) in [5.74, 6) is 1.27. The van der Waals surface area contributed by atoms with Crippen LogP contribution in [0.25, 0.3) is 0 Å². The lowest BCUT2D eigenvalue weighted by Crippen LogP contribution is -2.10. The van der Waals surface area contributed by atoms with Crippen LogP contribution in [0.2, 0.25) is 0 Å². The minimum atomic E-state index is -0.250. The molecule has 1 heterocycles. The fraction of sp³-hybridized carbons (Fsp3) is 0.750. The van der Waals surface area contributed by atoms with E-state index in [1.807, 2.05) is 0 Å². The van der Waals surface area contributed by atoms with Crippen LogP contribution in [0.5, 0.6) is 0 Å². The fourth-order valence-electron chi connectivity index (χ4n) is 1.21. The monoisotopic (exact) mass is 207 g/mol. The van der Waals surface area contributed by atoms with Crippen LogP contribution in [0, 0.1) is 5.92 Å². The Morgan fingerprint density at radius 3 is 2.69 bits per heavy atom. The second-order valence-electron chi connectivity index (χ2n) is 2.73. The van der Waals surface area contributed by atoms with Crippen molar-refractivity contribution in [1.82, 2.24) is 5.32 Å². The van der Waals surface area contributed by atoms with Gasteiger partial charge in [0.25, 0.3) is 6.47 Å². The molecule has 76 valence electrons. The van der Waals surface area contributed by atoms with E-state index in [4.69, 9.17) is 21.5 Å². The van der Waals surface area contributed by atoms with E-state index in [0.717, 1.165) is 19.4 Å². The molecule has 13 heavy (non-hydrogen) atoms. The average Bonchev–Trinajstić information content (AvgIpc) is 2.49. The Morgan fingerprint density at radius 2 is 2.31 bits per heavy atom. The number of hydrogen-bond acceptors (Lipinski definition) is 3. The number of carbonyl (C=O) groups excluding carboxylic acids is 1. The zero-order valence-electron chi connectivity index (χ0n) is 7.33. The maximum absolute atomic E-state index is 11.0. The lowest BCUT2D eigenvalue weighted by molar-refractivity contribution is -0.123. The van der Waals surface area contributed by atoms with Gasteiger partial charge in [-0.3, -0.25) is 9.59 Å². The van der Waals surface area contributed by atoms with E-state index >= 15 is 0 Å². The minimum Gasteiger partial charge on any atom is -0.483 e. The summed E-state index contributed by atoms with van der Waals surface area (Å²) in [6.45, 7) is 1.17. The fourth-order valence-corrected chi connectivity index (χ4v) is 1.37. The molecular weight excluding hydrogens is 194 g/mol. The molecule has 0 amide bonds. The summed E-state index contributed by atoms with van der Waals surface area (Å²) in [6, 6.07) is 0. The van der Waals surface area contributed by atoms with Gasteiger partial charge in [0, 0.05) is 18.3 Å². The van der Waals surface area contributed by atoms with Crippen LogP contribution in [0.15, 0.2) is 0 Å². The van der Waals surface area contributed by atoms with Crippen molar-refractivity contribution in [3.8, 4) is 0 Å². The van der Waals surface area contributed by atoms with Gasteiger partial charge in [-0.15, -0.1) is 11.6 Å². The second-order valence-corrected chi connectivity index (χ2v) is 3.11. The second kappa shape index (κ2) is 8.01. The molecule has 0 aromatic carbocycles. The van der Waals surface area contributed by atoms with Crippen molar-refractivity contribution in [2.75, 3.05) is 19.0 Å². The number of rotatable bonds is 3. The number of alkyl halides is 1. The SMILES string of the molecule is O=C1CNCC1CCCCl.O=CO. The van der Waals surface area contributed by atoms with E-state index in [9.17, 15) is 4.79 Å². The first-order valence-electron chi connectivity index (χ1n) is 4.13. The number of nitrogens with one attached hydrogen (secondary N) is 1. The molecule has 0 aromatic rings. The maximum Gasteiger partial charge on any atom is 0.290 e. The van der Waals surface area contributed by atoms with Crippen LogP contribution < -0.4 is 5.32 Å². The molecule has 0 aliphatic carbocycles. The summed E-state index contributed by atoms with van der Waals surface area (Å²) in [6.07, 6.45) is 1.91. The van der Waals surface area contributed by atoms with Gasteiger partial charge in [0.05, 0.1) is 6.54 Å². The van der Waals surface area contributed by atoms with E-state index in [2.05, 4.69) is 5.32 Å². The quantitative estimate of drug-likeness (QED) is 0.522. The summed E-state index contributed by atoms with van der Waals surface area (Å²) in [5.41, 5.74) is 0. The summed E-state index contributed by atoms with van der Waals surface area (Å²) >= 11 is 5.50. The van der Waals surface area contributed by atoms with Gasteiger partial charge >= 0.3 is 0 Å². The standard InChI is InChI=1S/C7H12ClNO.CH2O2/c8-3-1-2-6-4-9-5-7(6)10;2-1-3/h6,9H,1-5H2;1H,(H,2,3). The Labute approximate surface area is 82.3 Å². The highest BCUT2D eigenvalue weighted by Crippen LogP contribution is 2.11. The minimum absolute atomic E-state index is 0.249. The number of carbonyl (C=O) groups is 2. The number of hydrogen-bond donors (Lipinski definition) is 2. The molecular formula is C8H14ClNO3. The lowest BCUT2D eigenvalue weighted by atomic mass is 10.0. The molecule has 1 fully saturated rings. The third kappa shape index (κ3) is 5.60. The van der Waals surface area contributed by atoms with Crippen molar-refractivity contribution in [3.05, 3.63) is 0 Å². The van der Waals surface area contributed by atoms with Crippen LogP contribution in [-0.4, -0.2) is 36.3 Å². The van der Waals surface area contributed by atoms with E-state index in [1.165, 1.54) is 0 Å². The Hall–Kier alpha value is -0.610. The molecule has 1 atom stereocenters. The van der Waals surface area contributed by atoms with E-state index in [0.29, 0.717) is 18.2 Å². The number of carboxylic acid groups (broad SMARTS) is 1. The van der Waals surface area contributed by atoms with Crippen molar-refractivity contribution < 1.29 is 14.7 Å². The smallest absolute Gasteiger partial charge is 0.290 e. The van der Waals surface area contributed by atoms with Crippen molar-refractivity contribution in [3.63, 3.8) is 0 Å². The highest BCUT2D eigenvalue weighted by atomic mass is 35.5. The molecule has 0 aromatic heterocycles. The van der Waals surface area contributed by atoms with Crippen LogP contribution in [0.1, 0.15) is 12.8 Å². The topological polar surface area (TPSA) is 66.4 Å². The molecule has 0 radical (unpaired) electrons. The molecule has 0 saturated carbocycles. The molecule has 1 aliphatic rings. The van der Waals surface area contributed by atoms with Crippen molar-refractivity contribution in [2.24, 2.45) is 5.92 Å². The van der Waals surface area contributed by atoms with E-state index < -0.39 is 0 Å². The van der Waals surface area contributed by atoms with E-state index in [-0.39, 0.29) is 12.4 Å². The number of halogens is 1. The predicted octanol–water partition coefficient (Wildman–Crippen LogP) is 0.495. The van der Waals surface area contributed by atoms with Gasteiger partial charge in [-0.05, 0) is 12.8 Å². The Kier molecular flexibility index (Phi) is 7.63. The largest absolute Gasteiger partial charge is 0.483 e. The zero-order chi connectivity index (χ0) is 10.1. The first-order valence-corrected chi connectivity index (χ1v) is 4.67. The highest BCUT2D eigenvalue weighted by molar-refractivity contribution is 6.17. The maximum atomic E-state index is 11.0. The van der Waals surface area contributed by atoms with Gasteiger partial charge in [0.1, 0.15) is 0 Å². The molecule has 1 aliphatic heterocycles. The Balaban J connectivity index is 0.000000424. The van der Waals surface area contributed by atoms with Crippen molar-refractivity contribution >= 4 is 23.9 Å². The van der Waals surface area contributed by atoms with Gasteiger partial charge in [-0.2, -0.15) is 0 Å². The molecule has 1 saturated heterocycles. The van der Waals surface area contributed by atoms with Gasteiger partial charge in [0.15, 0.2) is 5.78 Å². The Morgan fingerprint density at radius 1 is 1.69 bits per heavy atom. The summed E-state index contributed by atoms with van der Waals surface area (Å²) < 4.78 is 0. The molecule has 4 nitrogen and oxygen atoms in total. The van der Waals surface area contributed by atoms with Gasteiger partial charge < -0.3 is 10.4 Å². The van der Waals surface area contributed by atoms with Crippen molar-refractivity contribution in [2.45, 2.75) is 12.8 Å². The molecule has 0 bridgehead atoms. The van der Waals surface area contributed by atoms with Crippen LogP contribution in [-0.2, 0) is 9.59 Å². The van der Waals surface area contributed by atoms with Gasteiger partial charge in [-0.25, -0.2) is 0 Å². The van der Waals surface area contributed by atoms with Crippen LogP contribution >= 0.6 is 11.6 Å². The summed E-state index contributed by atoms with van der Waals surface area (Å²) in [4.78, 5) is 19.3. The van der Waals surface area contributed by atoms with Gasteiger partial charge in [-0.1, -0.05) is 0 Å². The molecule has 2 N–H and O–H groups in total. The van der Waals surface area contributed by atoms with Crippen LogP contribution in [0.3, 0.4) is 0 Å². The molecule has 5 heteroatoms. The molecule has 1 rings (SSSR count). The van der Waals surface area contributed by atoms with Gasteiger partial charge in [0.2, 0.25) is 0 Å². The first kappa shape index (κ1) is 12.4. The zero-order valence-corrected chi connectivity index (χ0v) is 8.09. The summed E-state index contributed by atoms with van der Waals surface area (Å²) in [5, 5.41) is 9.93. The third-order valence-corrected chi connectivity index (χ3v) is 2.10. The Bertz CT molecular complexity index is 163. The normalized spacial score (nSPS) is 20.7. The van der Waals surface area contributed by atoms with Crippen molar-refractivity contribution in [1.29, 1.82) is 0 Å². The summed E-state index contributed by atoms with van der Waals surface area (Å²) in [7, 11) is 0. The molecule has 1 unspecified atom stereocenters.